The molecule has 1 saturated carbocycles. The van der Waals surface area contributed by atoms with Crippen LogP contribution in [-0.2, 0) is 4.79 Å². The first-order valence-electron chi connectivity index (χ1n) is 6.30. The fraction of sp³-hybridized carbons (Fsp3) is 0.923. The lowest BCUT2D eigenvalue weighted by Crippen LogP contribution is -2.40. The molecule has 0 amide bonds. The first kappa shape index (κ1) is 12.7. The van der Waals surface area contributed by atoms with E-state index in [-0.39, 0.29) is 5.78 Å². The average molecular weight is 212 g/mol. The van der Waals surface area contributed by atoms with Gasteiger partial charge in [0.2, 0.25) is 0 Å². The molecule has 15 heavy (non-hydrogen) atoms. The summed E-state index contributed by atoms with van der Waals surface area (Å²) in [6, 6.07) is 0. The quantitative estimate of drug-likeness (QED) is 0.760. The summed E-state index contributed by atoms with van der Waals surface area (Å²) in [5, 5.41) is 10.2. The van der Waals surface area contributed by atoms with Gasteiger partial charge in [-0.25, -0.2) is 0 Å². The molecule has 1 aliphatic rings. The third-order valence-electron chi connectivity index (χ3n) is 3.39. The predicted molar refractivity (Wildman–Crippen MR) is 61.7 cm³/mol. The average Bonchev–Trinajstić information content (AvgIpc) is 2.18. The van der Waals surface area contributed by atoms with Crippen molar-refractivity contribution in [3.05, 3.63) is 0 Å². The van der Waals surface area contributed by atoms with E-state index < -0.39 is 5.60 Å². The molecule has 0 bridgehead atoms. The second-order valence-corrected chi connectivity index (χ2v) is 5.30. The van der Waals surface area contributed by atoms with E-state index >= 15 is 0 Å². The van der Waals surface area contributed by atoms with Gasteiger partial charge in [-0.05, 0) is 25.2 Å². The number of Topliss-reactive ketones (excluding diaryl/α,β-unsaturated/α-hetero) is 1. The highest BCUT2D eigenvalue weighted by Crippen LogP contribution is 2.30. The number of hydrogen-bond donors (Lipinski definition) is 1. The Morgan fingerprint density at radius 3 is 2.40 bits per heavy atom. The normalized spacial score (nSPS) is 20.5. The molecule has 2 heteroatoms. The van der Waals surface area contributed by atoms with Crippen molar-refractivity contribution in [2.45, 2.75) is 70.8 Å². The van der Waals surface area contributed by atoms with Crippen molar-refractivity contribution in [2.75, 3.05) is 0 Å². The van der Waals surface area contributed by atoms with Crippen LogP contribution in [0.4, 0.5) is 0 Å². The number of aliphatic hydroxyl groups is 1. The zero-order chi connectivity index (χ0) is 11.3. The van der Waals surface area contributed by atoms with Crippen LogP contribution < -0.4 is 0 Å². The molecule has 1 N–H and O–H groups in total. The Balaban J connectivity index is 2.31. The summed E-state index contributed by atoms with van der Waals surface area (Å²) in [7, 11) is 0. The van der Waals surface area contributed by atoms with Crippen molar-refractivity contribution in [2.24, 2.45) is 5.92 Å². The van der Waals surface area contributed by atoms with Crippen LogP contribution in [0.3, 0.4) is 0 Å². The second kappa shape index (κ2) is 5.64. The maximum atomic E-state index is 11.9. The lowest BCUT2D eigenvalue weighted by Gasteiger charge is -2.30. The molecule has 1 rings (SSSR count). The summed E-state index contributed by atoms with van der Waals surface area (Å²) < 4.78 is 0. The number of hydrogen-bond acceptors (Lipinski definition) is 2. The van der Waals surface area contributed by atoms with Gasteiger partial charge < -0.3 is 5.11 Å². The monoisotopic (exact) mass is 212 g/mol. The van der Waals surface area contributed by atoms with E-state index in [1.54, 1.807) is 0 Å². The van der Waals surface area contributed by atoms with E-state index in [4.69, 9.17) is 0 Å². The summed E-state index contributed by atoms with van der Waals surface area (Å²) in [4.78, 5) is 11.9. The summed E-state index contributed by atoms with van der Waals surface area (Å²) in [5.74, 6) is 0.738. The Morgan fingerprint density at radius 1 is 1.27 bits per heavy atom. The van der Waals surface area contributed by atoms with Gasteiger partial charge in [-0.1, -0.05) is 39.5 Å². The number of carbonyl (C=O) groups excluding carboxylic acids is 1. The first-order chi connectivity index (χ1) is 7.04. The maximum Gasteiger partial charge on any atom is 0.164 e. The van der Waals surface area contributed by atoms with Gasteiger partial charge in [0.15, 0.2) is 5.78 Å². The van der Waals surface area contributed by atoms with Gasteiger partial charge in [-0.15, -0.1) is 0 Å². The molecule has 1 fully saturated rings. The fourth-order valence-electron chi connectivity index (χ4n) is 2.32. The van der Waals surface area contributed by atoms with Gasteiger partial charge in [-0.2, -0.15) is 0 Å². The molecule has 0 aliphatic heterocycles. The van der Waals surface area contributed by atoms with Crippen LogP contribution in [0.1, 0.15) is 65.2 Å². The molecule has 0 saturated heterocycles. The van der Waals surface area contributed by atoms with E-state index in [1.807, 2.05) is 0 Å². The second-order valence-electron chi connectivity index (χ2n) is 5.30. The Labute approximate surface area is 93.1 Å². The third-order valence-corrected chi connectivity index (χ3v) is 3.39. The third kappa shape index (κ3) is 3.94. The molecule has 0 radical (unpaired) electrons. The van der Waals surface area contributed by atoms with Gasteiger partial charge >= 0.3 is 0 Å². The minimum atomic E-state index is -0.963. The molecular formula is C13H24O2. The number of rotatable bonds is 5. The summed E-state index contributed by atoms with van der Waals surface area (Å²) in [6.45, 7) is 4.33. The molecule has 0 spiro atoms. The van der Waals surface area contributed by atoms with Crippen molar-refractivity contribution in [1.29, 1.82) is 0 Å². The molecule has 88 valence electrons. The van der Waals surface area contributed by atoms with Crippen LogP contribution in [0.15, 0.2) is 0 Å². The topological polar surface area (TPSA) is 37.3 Å². The zero-order valence-electron chi connectivity index (χ0n) is 10.1. The standard InChI is InChI=1S/C13H24O2/c1-11(2)7-6-8-12(14)13(15)9-4-3-5-10-13/h11,15H,3-10H2,1-2H3. The molecule has 0 unspecified atom stereocenters. The zero-order valence-corrected chi connectivity index (χ0v) is 10.1. The minimum Gasteiger partial charge on any atom is -0.382 e. The van der Waals surface area contributed by atoms with Gasteiger partial charge in [0.05, 0.1) is 0 Å². The van der Waals surface area contributed by atoms with Gasteiger partial charge in [0, 0.05) is 6.42 Å². The largest absolute Gasteiger partial charge is 0.382 e. The van der Waals surface area contributed by atoms with Gasteiger partial charge in [0.1, 0.15) is 5.60 Å². The molecule has 2 nitrogen and oxygen atoms in total. The van der Waals surface area contributed by atoms with Crippen molar-refractivity contribution in [3.63, 3.8) is 0 Å². The lowest BCUT2D eigenvalue weighted by atomic mass is 9.80. The Bertz CT molecular complexity index is 203. The first-order valence-corrected chi connectivity index (χ1v) is 6.30. The summed E-state index contributed by atoms with van der Waals surface area (Å²) in [5.41, 5.74) is -0.963. The van der Waals surface area contributed by atoms with E-state index in [2.05, 4.69) is 13.8 Å². The lowest BCUT2D eigenvalue weighted by molar-refractivity contribution is -0.140. The number of carbonyl (C=O) groups is 1. The SMILES string of the molecule is CC(C)CCCC(=O)C1(O)CCCCC1. The molecule has 0 atom stereocenters. The Morgan fingerprint density at radius 2 is 1.87 bits per heavy atom. The van der Waals surface area contributed by atoms with Crippen molar-refractivity contribution in [1.82, 2.24) is 0 Å². The summed E-state index contributed by atoms with van der Waals surface area (Å²) >= 11 is 0. The molecule has 0 heterocycles. The highest BCUT2D eigenvalue weighted by atomic mass is 16.3. The van der Waals surface area contributed by atoms with Crippen LogP contribution >= 0.6 is 0 Å². The minimum absolute atomic E-state index is 0.0860. The number of ketones is 1. The van der Waals surface area contributed by atoms with Crippen molar-refractivity contribution >= 4 is 5.78 Å². The maximum absolute atomic E-state index is 11.9. The van der Waals surface area contributed by atoms with Gasteiger partial charge in [-0.3, -0.25) is 4.79 Å². The van der Waals surface area contributed by atoms with Crippen LogP contribution in [0, 0.1) is 5.92 Å². The summed E-state index contributed by atoms with van der Waals surface area (Å²) in [6.07, 6.45) is 7.14. The highest BCUT2D eigenvalue weighted by Gasteiger charge is 2.35. The molecule has 0 aromatic heterocycles. The molecular weight excluding hydrogens is 188 g/mol. The van der Waals surface area contributed by atoms with Crippen LogP contribution in [0.5, 0.6) is 0 Å². The van der Waals surface area contributed by atoms with E-state index in [0.29, 0.717) is 25.2 Å². The van der Waals surface area contributed by atoms with E-state index in [1.165, 1.54) is 6.42 Å². The Hall–Kier alpha value is -0.370. The smallest absolute Gasteiger partial charge is 0.164 e. The van der Waals surface area contributed by atoms with Crippen LogP contribution in [0.2, 0.25) is 0 Å². The Kier molecular flexibility index (Phi) is 4.78. The van der Waals surface area contributed by atoms with Gasteiger partial charge in [0.25, 0.3) is 0 Å². The van der Waals surface area contributed by atoms with Crippen molar-refractivity contribution < 1.29 is 9.90 Å². The molecule has 0 aromatic carbocycles. The predicted octanol–water partition coefficient (Wildman–Crippen LogP) is 3.08. The van der Waals surface area contributed by atoms with E-state index in [9.17, 15) is 9.90 Å². The molecule has 1 aliphatic carbocycles. The molecule has 0 aromatic rings. The fourth-order valence-corrected chi connectivity index (χ4v) is 2.32. The highest BCUT2D eigenvalue weighted by molar-refractivity contribution is 5.87. The van der Waals surface area contributed by atoms with E-state index in [0.717, 1.165) is 25.7 Å². The van der Waals surface area contributed by atoms with Crippen LogP contribution in [-0.4, -0.2) is 16.5 Å². The van der Waals surface area contributed by atoms with Crippen molar-refractivity contribution in [3.8, 4) is 0 Å². The van der Waals surface area contributed by atoms with Crippen LogP contribution in [0.25, 0.3) is 0 Å².